The Morgan fingerprint density at radius 3 is 2.40 bits per heavy atom. The second-order valence-electron chi connectivity index (χ2n) is 5.79. The normalized spacial score (nSPS) is 27.3. The Kier molecular flexibility index (Phi) is 3.36. The molecule has 0 aromatic heterocycles. The van der Waals surface area contributed by atoms with Crippen LogP contribution in [0.3, 0.4) is 0 Å². The molecule has 0 spiro atoms. The van der Waals surface area contributed by atoms with E-state index in [-0.39, 0.29) is 0 Å². The van der Waals surface area contributed by atoms with E-state index in [1.54, 1.807) is 12.1 Å². The molecule has 2 heterocycles. The number of likely N-dealkylation sites (N-methyl/N-ethyl adjacent to an activating group) is 1. The zero-order chi connectivity index (χ0) is 14.3. The molecule has 1 fully saturated rings. The van der Waals surface area contributed by atoms with Crippen molar-refractivity contribution in [2.45, 2.75) is 43.9 Å². The van der Waals surface area contributed by atoms with E-state index in [9.17, 15) is 13.2 Å². The second kappa shape index (κ2) is 4.92. The summed E-state index contributed by atoms with van der Waals surface area (Å²) >= 11 is 0. The summed E-state index contributed by atoms with van der Waals surface area (Å²) in [6.45, 7) is 0. The maximum Gasteiger partial charge on any atom is 0.416 e. The van der Waals surface area contributed by atoms with Crippen molar-refractivity contribution in [2.75, 3.05) is 7.05 Å². The number of piperidine rings is 1. The number of rotatable bonds is 1. The Balaban J connectivity index is 1.86. The van der Waals surface area contributed by atoms with Gasteiger partial charge in [0.1, 0.15) is 0 Å². The summed E-state index contributed by atoms with van der Waals surface area (Å²) in [6, 6.07) is 6.57. The first kappa shape index (κ1) is 13.7. The zero-order valence-electron chi connectivity index (χ0n) is 11.5. The molecular formula is C16H18F3N. The largest absolute Gasteiger partial charge is 0.416 e. The third-order valence-electron chi connectivity index (χ3n) is 4.57. The highest BCUT2D eigenvalue weighted by molar-refractivity contribution is 5.68. The molecule has 1 aromatic carbocycles. The summed E-state index contributed by atoms with van der Waals surface area (Å²) < 4.78 is 37.7. The minimum absolute atomic E-state index is 0.444. The number of fused-ring (bicyclic) bond motifs is 2. The fraction of sp³-hybridized carbons (Fsp3) is 0.500. The van der Waals surface area contributed by atoms with Crippen LogP contribution in [0.15, 0.2) is 30.3 Å². The quantitative estimate of drug-likeness (QED) is 0.740. The third kappa shape index (κ3) is 2.49. The van der Waals surface area contributed by atoms with Crippen LogP contribution in [0.2, 0.25) is 0 Å². The number of nitrogens with zero attached hydrogens (tertiary/aromatic N) is 1. The minimum atomic E-state index is -4.25. The summed E-state index contributed by atoms with van der Waals surface area (Å²) in [4.78, 5) is 2.40. The third-order valence-corrected chi connectivity index (χ3v) is 4.57. The molecule has 1 saturated heterocycles. The minimum Gasteiger partial charge on any atom is -0.297 e. The molecule has 4 heteroatoms. The first-order valence-electron chi connectivity index (χ1n) is 7.05. The van der Waals surface area contributed by atoms with Gasteiger partial charge in [0, 0.05) is 12.1 Å². The van der Waals surface area contributed by atoms with E-state index in [0.29, 0.717) is 12.1 Å². The predicted molar refractivity (Wildman–Crippen MR) is 73.2 cm³/mol. The van der Waals surface area contributed by atoms with Crippen LogP contribution in [-0.2, 0) is 6.18 Å². The molecule has 0 amide bonds. The van der Waals surface area contributed by atoms with Gasteiger partial charge in [-0.2, -0.15) is 13.2 Å². The van der Waals surface area contributed by atoms with Crippen LogP contribution in [0.25, 0.3) is 5.57 Å². The van der Waals surface area contributed by atoms with Gasteiger partial charge in [-0.3, -0.25) is 4.90 Å². The van der Waals surface area contributed by atoms with Crippen LogP contribution >= 0.6 is 0 Å². The van der Waals surface area contributed by atoms with Crippen molar-refractivity contribution in [3.05, 3.63) is 41.5 Å². The number of halogens is 3. The van der Waals surface area contributed by atoms with Crippen LogP contribution < -0.4 is 0 Å². The average molecular weight is 281 g/mol. The van der Waals surface area contributed by atoms with Crippen molar-refractivity contribution >= 4 is 5.57 Å². The highest BCUT2D eigenvalue weighted by atomic mass is 19.4. The SMILES string of the molecule is CN1C2C=C(c3ccc(C(F)(F)F)cc3)CC1CCC2. The maximum atomic E-state index is 12.6. The van der Waals surface area contributed by atoms with Gasteiger partial charge in [-0.05, 0) is 49.6 Å². The Morgan fingerprint density at radius 1 is 1.10 bits per heavy atom. The lowest BCUT2D eigenvalue weighted by Gasteiger charge is -2.42. The van der Waals surface area contributed by atoms with Gasteiger partial charge in [-0.25, -0.2) is 0 Å². The molecule has 2 aliphatic rings. The molecule has 20 heavy (non-hydrogen) atoms. The van der Waals surface area contributed by atoms with Crippen molar-refractivity contribution < 1.29 is 13.2 Å². The van der Waals surface area contributed by atoms with Crippen molar-refractivity contribution in [1.82, 2.24) is 4.90 Å². The summed E-state index contributed by atoms with van der Waals surface area (Å²) in [5.41, 5.74) is 1.56. The van der Waals surface area contributed by atoms with E-state index in [2.05, 4.69) is 18.0 Å². The molecule has 0 radical (unpaired) electrons. The predicted octanol–water partition coefficient (Wildman–Crippen LogP) is 4.35. The van der Waals surface area contributed by atoms with E-state index >= 15 is 0 Å². The number of hydrogen-bond acceptors (Lipinski definition) is 1. The molecular weight excluding hydrogens is 263 g/mol. The Labute approximate surface area is 117 Å². The zero-order valence-corrected chi connectivity index (χ0v) is 11.5. The van der Waals surface area contributed by atoms with Crippen molar-refractivity contribution in [3.63, 3.8) is 0 Å². The van der Waals surface area contributed by atoms with Gasteiger partial charge >= 0.3 is 6.18 Å². The Hall–Kier alpha value is -1.29. The molecule has 2 bridgehead atoms. The Morgan fingerprint density at radius 2 is 1.80 bits per heavy atom. The lowest BCUT2D eigenvalue weighted by Crippen LogP contribution is -2.45. The monoisotopic (exact) mass is 281 g/mol. The van der Waals surface area contributed by atoms with Gasteiger partial charge in [0.15, 0.2) is 0 Å². The molecule has 1 nitrogen and oxygen atoms in total. The van der Waals surface area contributed by atoms with E-state index < -0.39 is 11.7 Å². The number of hydrogen-bond donors (Lipinski definition) is 0. The molecule has 2 unspecified atom stereocenters. The van der Waals surface area contributed by atoms with Gasteiger partial charge in [0.2, 0.25) is 0 Å². The Bertz CT molecular complexity index is 516. The summed E-state index contributed by atoms with van der Waals surface area (Å²) in [7, 11) is 2.15. The number of alkyl halides is 3. The summed E-state index contributed by atoms with van der Waals surface area (Å²) in [5, 5.41) is 0. The van der Waals surface area contributed by atoms with Gasteiger partial charge in [0.05, 0.1) is 5.56 Å². The van der Waals surface area contributed by atoms with Crippen LogP contribution in [0, 0.1) is 0 Å². The first-order valence-corrected chi connectivity index (χ1v) is 7.05. The van der Waals surface area contributed by atoms with E-state index in [0.717, 1.165) is 18.4 Å². The van der Waals surface area contributed by atoms with Gasteiger partial charge in [-0.15, -0.1) is 0 Å². The van der Waals surface area contributed by atoms with Crippen LogP contribution in [0.5, 0.6) is 0 Å². The van der Waals surface area contributed by atoms with Crippen molar-refractivity contribution in [2.24, 2.45) is 0 Å². The summed E-state index contributed by atoms with van der Waals surface area (Å²) in [6.07, 6.45) is 2.51. The topological polar surface area (TPSA) is 3.24 Å². The van der Waals surface area contributed by atoms with Crippen LogP contribution in [0.4, 0.5) is 13.2 Å². The van der Waals surface area contributed by atoms with Crippen LogP contribution in [-0.4, -0.2) is 24.0 Å². The fourth-order valence-electron chi connectivity index (χ4n) is 3.33. The molecule has 108 valence electrons. The summed E-state index contributed by atoms with van der Waals surface area (Å²) in [5.74, 6) is 0. The second-order valence-corrected chi connectivity index (χ2v) is 5.79. The standard InChI is InChI=1S/C16H18F3N/c1-20-14-3-2-4-15(20)10-12(9-14)11-5-7-13(8-6-11)16(17,18)19/h5-9,14-15H,2-4,10H2,1H3. The molecule has 0 saturated carbocycles. The lowest BCUT2D eigenvalue weighted by atomic mass is 9.83. The average Bonchev–Trinajstić information content (AvgIpc) is 2.37. The first-order chi connectivity index (χ1) is 9.45. The fourth-order valence-corrected chi connectivity index (χ4v) is 3.33. The smallest absolute Gasteiger partial charge is 0.297 e. The van der Waals surface area contributed by atoms with E-state index in [4.69, 9.17) is 0 Å². The molecule has 2 atom stereocenters. The maximum absolute atomic E-state index is 12.6. The van der Waals surface area contributed by atoms with Crippen molar-refractivity contribution in [3.8, 4) is 0 Å². The molecule has 1 aromatic rings. The highest BCUT2D eigenvalue weighted by Gasteiger charge is 2.32. The molecule has 3 rings (SSSR count). The molecule has 0 aliphatic carbocycles. The highest BCUT2D eigenvalue weighted by Crippen LogP contribution is 2.37. The van der Waals surface area contributed by atoms with E-state index in [1.807, 2.05) is 0 Å². The molecule has 2 aliphatic heterocycles. The lowest BCUT2D eigenvalue weighted by molar-refractivity contribution is -0.137. The molecule has 0 N–H and O–H groups in total. The van der Waals surface area contributed by atoms with E-state index in [1.165, 1.54) is 30.5 Å². The van der Waals surface area contributed by atoms with Gasteiger partial charge in [0.25, 0.3) is 0 Å². The van der Waals surface area contributed by atoms with Gasteiger partial charge in [-0.1, -0.05) is 24.6 Å². The van der Waals surface area contributed by atoms with Crippen molar-refractivity contribution in [1.29, 1.82) is 0 Å². The van der Waals surface area contributed by atoms with Gasteiger partial charge < -0.3 is 0 Å². The van der Waals surface area contributed by atoms with Crippen LogP contribution in [0.1, 0.15) is 36.8 Å². The number of benzene rings is 1.